The van der Waals surface area contributed by atoms with Gasteiger partial charge in [-0.1, -0.05) is 31.9 Å². The summed E-state index contributed by atoms with van der Waals surface area (Å²) in [7, 11) is 0. The highest BCUT2D eigenvalue weighted by molar-refractivity contribution is 9.09. The summed E-state index contributed by atoms with van der Waals surface area (Å²) in [4.78, 5) is 12.0. The van der Waals surface area contributed by atoms with E-state index in [2.05, 4.69) is 31.9 Å². The van der Waals surface area contributed by atoms with Crippen molar-refractivity contribution in [3.05, 3.63) is 32.9 Å². The lowest BCUT2D eigenvalue weighted by molar-refractivity contribution is -0.515. The SMILES string of the molecule is Cc1c(C)[n+](=O)c2c(n1[O-])[C@@H](Br)CC[C@@H]2Br. The molecule has 0 N–H and O–H groups in total. The summed E-state index contributed by atoms with van der Waals surface area (Å²) in [5.41, 5.74) is 2.04. The molecule has 2 rings (SSSR count). The van der Waals surface area contributed by atoms with E-state index in [1.54, 1.807) is 13.8 Å². The Morgan fingerprint density at radius 3 is 2.50 bits per heavy atom. The molecule has 0 saturated carbocycles. The van der Waals surface area contributed by atoms with Crippen LogP contribution in [0.2, 0.25) is 0 Å². The second kappa shape index (κ2) is 4.14. The Balaban J connectivity index is 2.84. The van der Waals surface area contributed by atoms with E-state index >= 15 is 0 Å². The highest BCUT2D eigenvalue weighted by atomic mass is 79.9. The Morgan fingerprint density at radius 2 is 1.88 bits per heavy atom. The highest BCUT2D eigenvalue weighted by Gasteiger charge is 2.36. The zero-order valence-corrected chi connectivity index (χ0v) is 12.2. The fourth-order valence-corrected chi connectivity index (χ4v) is 3.37. The largest absolute Gasteiger partial charge is 0.805 e. The first-order chi connectivity index (χ1) is 7.45. The lowest BCUT2D eigenvalue weighted by Gasteiger charge is -2.28. The van der Waals surface area contributed by atoms with Crippen LogP contribution in [0.25, 0.3) is 0 Å². The third-order valence-electron chi connectivity index (χ3n) is 3.10. The molecule has 1 aliphatic rings. The molecule has 0 radical (unpaired) electrons. The molecule has 4 nitrogen and oxygen atoms in total. The zero-order valence-electron chi connectivity index (χ0n) is 9.04. The van der Waals surface area contributed by atoms with Crippen LogP contribution in [0.4, 0.5) is 0 Å². The van der Waals surface area contributed by atoms with Gasteiger partial charge in [0.15, 0.2) is 0 Å². The van der Waals surface area contributed by atoms with Gasteiger partial charge < -0.3 is 9.94 Å². The third-order valence-corrected chi connectivity index (χ3v) is 4.88. The summed E-state index contributed by atoms with van der Waals surface area (Å²) in [6.07, 6.45) is 1.71. The average Bonchev–Trinajstić information content (AvgIpc) is 2.26. The van der Waals surface area contributed by atoms with Crippen LogP contribution in [0.3, 0.4) is 0 Å². The van der Waals surface area contributed by atoms with E-state index in [9.17, 15) is 10.1 Å². The number of rotatable bonds is 0. The van der Waals surface area contributed by atoms with Crippen LogP contribution in [-0.4, -0.2) is 4.73 Å². The normalized spacial score (nSPS) is 24.2. The molecule has 0 fully saturated rings. The smallest absolute Gasteiger partial charge is 0.273 e. The second-order valence-corrected chi connectivity index (χ2v) is 6.25. The van der Waals surface area contributed by atoms with Gasteiger partial charge in [0.05, 0.1) is 14.9 Å². The van der Waals surface area contributed by atoms with Crippen LogP contribution in [0.15, 0.2) is 0 Å². The molecule has 0 saturated heterocycles. The van der Waals surface area contributed by atoms with Crippen molar-refractivity contribution in [1.82, 2.24) is 4.73 Å². The summed E-state index contributed by atoms with van der Waals surface area (Å²) in [5.74, 6) is 0. The standard InChI is InChI=1S/C10H12Br2N2O2/c1-5-6(2)14(16)10-8(12)4-3-7(11)9(10)13(5)15/h7-8H,3-4H2,1-2H3/t7-,8-/m0/s1. The van der Waals surface area contributed by atoms with Gasteiger partial charge in [-0.15, -0.1) is 0 Å². The molecule has 2 atom stereocenters. The molecule has 88 valence electrons. The number of hydrogen-bond donors (Lipinski definition) is 0. The number of aromatic nitrogens is 2. The quantitative estimate of drug-likeness (QED) is 0.532. The van der Waals surface area contributed by atoms with Gasteiger partial charge in [-0.05, 0) is 19.8 Å². The average molecular weight is 352 g/mol. The summed E-state index contributed by atoms with van der Waals surface area (Å²) >= 11 is 6.93. The maximum absolute atomic E-state index is 12.1. The molecule has 1 aromatic rings. The lowest BCUT2D eigenvalue weighted by atomic mass is 9.99. The number of nitrogens with zero attached hydrogens (tertiary/aromatic N) is 2. The van der Waals surface area contributed by atoms with Crippen LogP contribution in [0, 0.1) is 24.0 Å². The van der Waals surface area contributed by atoms with Crippen molar-refractivity contribution >= 4 is 31.9 Å². The van der Waals surface area contributed by atoms with Gasteiger partial charge in [-0.3, -0.25) is 0 Å². The van der Waals surface area contributed by atoms with E-state index in [-0.39, 0.29) is 9.65 Å². The van der Waals surface area contributed by atoms with E-state index in [4.69, 9.17) is 0 Å². The van der Waals surface area contributed by atoms with E-state index in [1.165, 1.54) is 0 Å². The third kappa shape index (κ3) is 1.62. The minimum absolute atomic E-state index is 0.0340. The van der Waals surface area contributed by atoms with Crippen LogP contribution >= 0.6 is 31.9 Å². The second-order valence-electron chi connectivity index (χ2n) is 4.04. The molecule has 0 bridgehead atoms. The Hall–Kier alpha value is -0.360. The number of halogens is 2. The lowest BCUT2D eigenvalue weighted by Crippen LogP contribution is -2.34. The minimum atomic E-state index is -0.0340. The molecule has 0 spiro atoms. The molecule has 1 aliphatic carbocycles. The first-order valence-corrected chi connectivity index (χ1v) is 6.92. The molecule has 1 aromatic heterocycles. The molecule has 6 heteroatoms. The van der Waals surface area contributed by atoms with Gasteiger partial charge in [-0.25, -0.2) is 0 Å². The van der Waals surface area contributed by atoms with E-state index in [0.29, 0.717) is 22.8 Å². The monoisotopic (exact) mass is 350 g/mol. The van der Waals surface area contributed by atoms with Crippen LogP contribution in [-0.2, 0) is 0 Å². The van der Waals surface area contributed by atoms with Gasteiger partial charge in [-0.2, -0.15) is 0 Å². The maximum atomic E-state index is 12.1. The maximum Gasteiger partial charge on any atom is 0.273 e. The van der Waals surface area contributed by atoms with Crippen LogP contribution < -0.4 is 4.43 Å². The van der Waals surface area contributed by atoms with E-state index < -0.39 is 0 Å². The first-order valence-electron chi connectivity index (χ1n) is 5.09. The van der Waals surface area contributed by atoms with Crippen molar-refractivity contribution in [2.75, 3.05) is 0 Å². The van der Waals surface area contributed by atoms with Gasteiger partial charge in [0.1, 0.15) is 10.5 Å². The minimum Gasteiger partial charge on any atom is -0.805 e. The van der Waals surface area contributed by atoms with Crippen molar-refractivity contribution in [2.45, 2.75) is 36.3 Å². The predicted molar refractivity (Wildman–Crippen MR) is 68.6 cm³/mol. The Bertz CT molecular complexity index is 499. The van der Waals surface area contributed by atoms with Gasteiger partial charge in [0.25, 0.3) is 11.4 Å². The molecule has 0 unspecified atom stereocenters. The van der Waals surface area contributed by atoms with Gasteiger partial charge in [0, 0.05) is 11.8 Å². The van der Waals surface area contributed by atoms with Crippen molar-refractivity contribution < 1.29 is 4.43 Å². The predicted octanol–water partition coefficient (Wildman–Crippen LogP) is 3.03. The molecule has 0 aliphatic heterocycles. The van der Waals surface area contributed by atoms with Crippen LogP contribution in [0.1, 0.15) is 45.3 Å². The molecular weight excluding hydrogens is 340 g/mol. The van der Waals surface area contributed by atoms with Gasteiger partial charge >= 0.3 is 0 Å². The number of hydrogen-bond acceptors (Lipinski definition) is 2. The van der Waals surface area contributed by atoms with E-state index in [1.807, 2.05) is 0 Å². The summed E-state index contributed by atoms with van der Waals surface area (Å²) in [5, 5.41) is 12.1. The van der Waals surface area contributed by atoms with Crippen LogP contribution in [0.5, 0.6) is 0 Å². The topological polar surface area (TPSA) is 51.0 Å². The summed E-state index contributed by atoms with van der Waals surface area (Å²) in [6.45, 7) is 3.35. The fourth-order valence-electron chi connectivity index (χ4n) is 2.00. The number of fused-ring (bicyclic) bond motifs is 1. The zero-order chi connectivity index (χ0) is 12.0. The van der Waals surface area contributed by atoms with Crippen molar-refractivity contribution in [1.29, 1.82) is 0 Å². The Kier molecular flexibility index (Phi) is 3.13. The number of alkyl halides is 2. The van der Waals surface area contributed by atoms with Crippen molar-refractivity contribution in [3.8, 4) is 0 Å². The van der Waals surface area contributed by atoms with Crippen molar-refractivity contribution in [2.24, 2.45) is 0 Å². The Morgan fingerprint density at radius 1 is 1.31 bits per heavy atom. The Labute approximate surface area is 110 Å². The highest BCUT2D eigenvalue weighted by Crippen LogP contribution is 2.43. The fraction of sp³-hybridized carbons (Fsp3) is 0.600. The molecule has 0 aromatic carbocycles. The molecule has 0 amide bonds. The summed E-state index contributed by atoms with van der Waals surface area (Å²) < 4.78 is 1.76. The summed E-state index contributed by atoms with van der Waals surface area (Å²) in [6, 6.07) is 0. The van der Waals surface area contributed by atoms with E-state index in [0.717, 1.165) is 22.0 Å². The first kappa shape index (κ1) is 12.1. The molecule has 16 heavy (non-hydrogen) atoms. The van der Waals surface area contributed by atoms with Crippen molar-refractivity contribution in [3.63, 3.8) is 0 Å². The molecular formula is C10H12Br2N2O2. The molecule has 1 heterocycles. The van der Waals surface area contributed by atoms with Gasteiger partial charge in [0.2, 0.25) is 0 Å².